The highest BCUT2D eigenvalue weighted by molar-refractivity contribution is 5.21. The van der Waals surface area contributed by atoms with Crippen molar-refractivity contribution in [1.82, 2.24) is 15.5 Å². The molecule has 108 valence electrons. The van der Waals surface area contributed by atoms with Crippen molar-refractivity contribution in [3.63, 3.8) is 0 Å². The van der Waals surface area contributed by atoms with Crippen molar-refractivity contribution in [2.24, 2.45) is 0 Å². The molecule has 3 atom stereocenters. The third-order valence-electron chi connectivity index (χ3n) is 3.58. The molecule has 0 aliphatic heterocycles. The van der Waals surface area contributed by atoms with Crippen molar-refractivity contribution in [1.29, 1.82) is 0 Å². The standard InChI is InChI=1S/C13H24N4O2/c1-4-8-14-9(2)12-16-17-13(19-12)15-10-6-5-7-11(10)18-3/h9-11,14H,4-8H2,1-3H3,(H,15,17). The fourth-order valence-electron chi connectivity index (χ4n) is 2.45. The van der Waals surface area contributed by atoms with Gasteiger partial charge in [-0.25, -0.2) is 0 Å². The lowest BCUT2D eigenvalue weighted by molar-refractivity contribution is 0.100. The number of ether oxygens (including phenoxy) is 1. The van der Waals surface area contributed by atoms with Crippen LogP contribution in [0.4, 0.5) is 6.01 Å². The average Bonchev–Trinajstić information content (AvgIpc) is 3.05. The number of methoxy groups -OCH3 is 1. The summed E-state index contributed by atoms with van der Waals surface area (Å²) in [4.78, 5) is 0. The van der Waals surface area contributed by atoms with E-state index in [1.807, 2.05) is 6.92 Å². The summed E-state index contributed by atoms with van der Waals surface area (Å²) in [6, 6.07) is 0.858. The molecule has 2 rings (SSSR count). The molecule has 1 saturated carbocycles. The van der Waals surface area contributed by atoms with E-state index >= 15 is 0 Å². The molecule has 0 bridgehead atoms. The number of hydrogen-bond acceptors (Lipinski definition) is 6. The molecule has 0 aromatic carbocycles. The van der Waals surface area contributed by atoms with Crippen molar-refractivity contribution >= 4 is 6.01 Å². The molecule has 6 nitrogen and oxygen atoms in total. The predicted molar refractivity (Wildman–Crippen MR) is 73.1 cm³/mol. The van der Waals surface area contributed by atoms with Crippen molar-refractivity contribution < 1.29 is 9.15 Å². The van der Waals surface area contributed by atoms with E-state index in [4.69, 9.17) is 9.15 Å². The Hall–Kier alpha value is -1.14. The Morgan fingerprint density at radius 2 is 2.26 bits per heavy atom. The minimum Gasteiger partial charge on any atom is -0.406 e. The van der Waals surface area contributed by atoms with Gasteiger partial charge >= 0.3 is 6.01 Å². The maximum absolute atomic E-state index is 5.65. The fourth-order valence-corrected chi connectivity index (χ4v) is 2.45. The van der Waals surface area contributed by atoms with E-state index in [2.05, 4.69) is 27.8 Å². The number of rotatable bonds is 7. The van der Waals surface area contributed by atoms with Gasteiger partial charge in [-0.15, -0.1) is 5.10 Å². The van der Waals surface area contributed by atoms with Crippen LogP contribution in [0, 0.1) is 0 Å². The number of anilines is 1. The molecule has 0 amide bonds. The molecule has 1 aliphatic rings. The first-order valence-electron chi connectivity index (χ1n) is 7.10. The van der Waals surface area contributed by atoms with Gasteiger partial charge in [0.15, 0.2) is 0 Å². The van der Waals surface area contributed by atoms with E-state index in [0.717, 1.165) is 25.8 Å². The molecular formula is C13H24N4O2. The van der Waals surface area contributed by atoms with Crippen LogP contribution in [0.25, 0.3) is 0 Å². The highest BCUT2D eigenvalue weighted by atomic mass is 16.5. The Labute approximate surface area is 114 Å². The van der Waals surface area contributed by atoms with E-state index in [9.17, 15) is 0 Å². The Kier molecular flexibility index (Phi) is 5.15. The normalized spacial score (nSPS) is 24.6. The van der Waals surface area contributed by atoms with Gasteiger partial charge in [0.05, 0.1) is 18.2 Å². The number of nitrogens with zero attached hydrogens (tertiary/aromatic N) is 2. The topological polar surface area (TPSA) is 72.2 Å². The highest BCUT2D eigenvalue weighted by Gasteiger charge is 2.28. The molecule has 19 heavy (non-hydrogen) atoms. The molecule has 1 aliphatic carbocycles. The second-order valence-electron chi connectivity index (χ2n) is 5.08. The van der Waals surface area contributed by atoms with Crippen LogP contribution in [0.5, 0.6) is 0 Å². The minimum absolute atomic E-state index is 0.0878. The van der Waals surface area contributed by atoms with Crippen LogP contribution < -0.4 is 10.6 Å². The fraction of sp³-hybridized carbons (Fsp3) is 0.846. The largest absolute Gasteiger partial charge is 0.406 e. The number of hydrogen-bond donors (Lipinski definition) is 2. The van der Waals surface area contributed by atoms with Crippen LogP contribution >= 0.6 is 0 Å². The van der Waals surface area contributed by atoms with Gasteiger partial charge in [-0.05, 0) is 39.2 Å². The molecule has 1 fully saturated rings. The van der Waals surface area contributed by atoms with E-state index in [1.165, 1.54) is 6.42 Å². The molecule has 2 N–H and O–H groups in total. The summed E-state index contributed by atoms with van der Waals surface area (Å²) in [5, 5.41) is 14.7. The molecule has 1 heterocycles. The van der Waals surface area contributed by atoms with E-state index in [1.54, 1.807) is 7.11 Å². The van der Waals surface area contributed by atoms with Gasteiger partial charge < -0.3 is 19.8 Å². The van der Waals surface area contributed by atoms with Crippen molar-refractivity contribution in [2.75, 3.05) is 19.0 Å². The quantitative estimate of drug-likeness (QED) is 0.789. The first kappa shape index (κ1) is 14.3. The van der Waals surface area contributed by atoms with Gasteiger partial charge in [0, 0.05) is 7.11 Å². The van der Waals surface area contributed by atoms with Crippen LogP contribution in [0.1, 0.15) is 51.5 Å². The average molecular weight is 268 g/mol. The second kappa shape index (κ2) is 6.86. The van der Waals surface area contributed by atoms with Crippen molar-refractivity contribution in [2.45, 2.75) is 57.7 Å². The van der Waals surface area contributed by atoms with Crippen molar-refractivity contribution in [3.05, 3.63) is 5.89 Å². The Balaban J connectivity index is 1.90. The number of aromatic nitrogens is 2. The molecule has 3 unspecified atom stereocenters. The zero-order chi connectivity index (χ0) is 13.7. The van der Waals surface area contributed by atoms with Crippen LogP contribution in [-0.4, -0.2) is 36.0 Å². The van der Waals surface area contributed by atoms with Crippen LogP contribution in [-0.2, 0) is 4.74 Å². The first-order chi connectivity index (χ1) is 9.24. The van der Waals surface area contributed by atoms with Gasteiger partial charge in [0.1, 0.15) is 0 Å². The smallest absolute Gasteiger partial charge is 0.315 e. The van der Waals surface area contributed by atoms with Gasteiger partial charge in [0.2, 0.25) is 5.89 Å². The summed E-state index contributed by atoms with van der Waals surface area (Å²) in [7, 11) is 1.75. The lowest BCUT2D eigenvalue weighted by atomic mass is 10.2. The van der Waals surface area contributed by atoms with E-state index in [0.29, 0.717) is 11.9 Å². The van der Waals surface area contributed by atoms with Gasteiger partial charge in [-0.2, -0.15) is 0 Å². The summed E-state index contributed by atoms with van der Waals surface area (Å²) in [5.74, 6) is 0.628. The van der Waals surface area contributed by atoms with Gasteiger partial charge in [-0.3, -0.25) is 0 Å². The lowest BCUT2D eigenvalue weighted by Gasteiger charge is -2.17. The molecule has 1 aromatic heterocycles. The Bertz CT molecular complexity index is 382. The zero-order valence-corrected chi connectivity index (χ0v) is 12.0. The second-order valence-corrected chi connectivity index (χ2v) is 5.08. The van der Waals surface area contributed by atoms with Crippen LogP contribution in [0.2, 0.25) is 0 Å². The summed E-state index contributed by atoms with van der Waals surface area (Å²) >= 11 is 0. The molecule has 6 heteroatoms. The maximum Gasteiger partial charge on any atom is 0.315 e. The monoisotopic (exact) mass is 268 g/mol. The third kappa shape index (κ3) is 3.67. The summed E-state index contributed by atoms with van der Waals surface area (Å²) in [6.07, 6.45) is 4.67. The third-order valence-corrected chi connectivity index (χ3v) is 3.58. The molecule has 1 aromatic rings. The lowest BCUT2D eigenvalue weighted by Crippen LogP contribution is -2.29. The Morgan fingerprint density at radius 3 is 3.00 bits per heavy atom. The summed E-state index contributed by atoms with van der Waals surface area (Å²) < 4.78 is 11.1. The van der Waals surface area contributed by atoms with E-state index < -0.39 is 0 Å². The highest BCUT2D eigenvalue weighted by Crippen LogP contribution is 2.25. The first-order valence-corrected chi connectivity index (χ1v) is 7.10. The minimum atomic E-state index is 0.0878. The number of nitrogens with one attached hydrogen (secondary N) is 2. The maximum atomic E-state index is 5.65. The molecule has 0 spiro atoms. The predicted octanol–water partition coefficient (Wildman–Crippen LogP) is 2.11. The zero-order valence-electron chi connectivity index (χ0n) is 12.0. The molecule has 0 saturated heterocycles. The molecule has 0 radical (unpaired) electrons. The van der Waals surface area contributed by atoms with E-state index in [-0.39, 0.29) is 18.2 Å². The van der Waals surface area contributed by atoms with Crippen LogP contribution in [0.3, 0.4) is 0 Å². The van der Waals surface area contributed by atoms with Gasteiger partial charge in [-0.1, -0.05) is 12.0 Å². The van der Waals surface area contributed by atoms with Crippen molar-refractivity contribution in [3.8, 4) is 0 Å². The van der Waals surface area contributed by atoms with Gasteiger partial charge in [0.25, 0.3) is 0 Å². The SMILES string of the molecule is CCCNC(C)c1nnc(NC2CCCC2OC)o1. The summed E-state index contributed by atoms with van der Waals surface area (Å²) in [6.45, 7) is 5.10. The summed E-state index contributed by atoms with van der Waals surface area (Å²) in [5.41, 5.74) is 0. The Morgan fingerprint density at radius 1 is 1.42 bits per heavy atom. The molecular weight excluding hydrogens is 244 g/mol. The van der Waals surface area contributed by atoms with Crippen LogP contribution in [0.15, 0.2) is 4.42 Å².